The molecule has 0 aliphatic heterocycles. The van der Waals surface area contributed by atoms with Crippen LogP contribution >= 0.6 is 0 Å². The van der Waals surface area contributed by atoms with E-state index in [-0.39, 0.29) is 0 Å². The Morgan fingerprint density at radius 2 is 2.08 bits per heavy atom. The normalized spacial score (nSPS) is 10.8. The van der Waals surface area contributed by atoms with Crippen LogP contribution in [0.15, 0.2) is 21.3 Å². The van der Waals surface area contributed by atoms with Crippen molar-refractivity contribution in [3.8, 4) is 0 Å². The number of hydrogen-bond acceptors (Lipinski definition) is 2. The Morgan fingerprint density at radius 3 is 2.83 bits per heavy atom. The molecule has 0 fully saturated rings. The first kappa shape index (κ1) is 7.16. The summed E-state index contributed by atoms with van der Waals surface area (Å²) in [4.78, 5) is 13.5. The van der Waals surface area contributed by atoms with Gasteiger partial charge in [-0.05, 0) is 31.0 Å². The van der Waals surface area contributed by atoms with E-state index in [2.05, 4.69) is 4.98 Å². The highest BCUT2D eigenvalue weighted by molar-refractivity contribution is 5.76. The number of aromatic amines is 1. The molecule has 0 unspecified atom stereocenters. The SMILES string of the molecule is Cc1cc(C)c2[nH]c(=O)oc2c1. The summed E-state index contributed by atoms with van der Waals surface area (Å²) < 4.78 is 4.92. The van der Waals surface area contributed by atoms with Crippen LogP contribution < -0.4 is 5.76 Å². The topological polar surface area (TPSA) is 46.0 Å². The predicted molar refractivity (Wildman–Crippen MR) is 46.3 cm³/mol. The number of hydrogen-bond donors (Lipinski definition) is 1. The van der Waals surface area contributed by atoms with Crippen molar-refractivity contribution in [2.75, 3.05) is 0 Å². The quantitative estimate of drug-likeness (QED) is 0.643. The number of nitrogens with one attached hydrogen (secondary N) is 1. The van der Waals surface area contributed by atoms with E-state index in [9.17, 15) is 4.79 Å². The minimum Gasteiger partial charge on any atom is -0.408 e. The van der Waals surface area contributed by atoms with Gasteiger partial charge in [0.1, 0.15) is 0 Å². The zero-order valence-electron chi connectivity index (χ0n) is 6.97. The fourth-order valence-corrected chi connectivity index (χ4v) is 1.40. The van der Waals surface area contributed by atoms with Crippen LogP contribution in [-0.4, -0.2) is 4.98 Å². The lowest BCUT2D eigenvalue weighted by Crippen LogP contribution is -1.93. The maximum Gasteiger partial charge on any atom is 0.417 e. The van der Waals surface area contributed by atoms with E-state index < -0.39 is 5.76 Å². The molecule has 1 N–H and O–H groups in total. The monoisotopic (exact) mass is 163 g/mol. The zero-order valence-corrected chi connectivity index (χ0v) is 6.97. The lowest BCUT2D eigenvalue weighted by atomic mass is 10.1. The van der Waals surface area contributed by atoms with Crippen LogP contribution in [0.2, 0.25) is 0 Å². The molecule has 3 heteroatoms. The molecule has 1 aromatic heterocycles. The number of aryl methyl sites for hydroxylation is 2. The number of fused-ring (bicyclic) bond motifs is 1. The highest BCUT2D eigenvalue weighted by Crippen LogP contribution is 2.16. The van der Waals surface area contributed by atoms with Crippen molar-refractivity contribution in [1.29, 1.82) is 0 Å². The molecule has 2 rings (SSSR count). The fraction of sp³-hybridized carbons (Fsp3) is 0.222. The van der Waals surface area contributed by atoms with Crippen molar-refractivity contribution in [2.45, 2.75) is 13.8 Å². The zero-order chi connectivity index (χ0) is 8.72. The molecule has 0 radical (unpaired) electrons. The molecular formula is C9H9NO2. The van der Waals surface area contributed by atoms with Crippen molar-refractivity contribution >= 4 is 11.1 Å². The van der Waals surface area contributed by atoms with Gasteiger partial charge in [0.15, 0.2) is 5.58 Å². The highest BCUT2D eigenvalue weighted by atomic mass is 16.4. The van der Waals surface area contributed by atoms with Gasteiger partial charge >= 0.3 is 5.76 Å². The first-order chi connectivity index (χ1) is 5.66. The maximum atomic E-state index is 10.8. The van der Waals surface area contributed by atoms with Crippen LogP contribution in [0.1, 0.15) is 11.1 Å². The average molecular weight is 163 g/mol. The Morgan fingerprint density at radius 1 is 1.33 bits per heavy atom. The molecule has 0 aliphatic rings. The minimum absolute atomic E-state index is 0.390. The summed E-state index contributed by atoms with van der Waals surface area (Å²) in [6, 6.07) is 3.86. The largest absolute Gasteiger partial charge is 0.417 e. The molecule has 0 amide bonds. The van der Waals surface area contributed by atoms with Crippen LogP contribution in [0, 0.1) is 13.8 Å². The van der Waals surface area contributed by atoms with Crippen molar-refractivity contribution in [3.05, 3.63) is 33.8 Å². The van der Waals surface area contributed by atoms with Gasteiger partial charge in [-0.15, -0.1) is 0 Å². The molecule has 1 heterocycles. The van der Waals surface area contributed by atoms with Gasteiger partial charge in [0.25, 0.3) is 0 Å². The third kappa shape index (κ3) is 0.942. The molecule has 0 aliphatic carbocycles. The van der Waals surface area contributed by atoms with Crippen LogP contribution in [0.25, 0.3) is 11.1 Å². The number of oxazole rings is 1. The molecule has 12 heavy (non-hydrogen) atoms. The lowest BCUT2D eigenvalue weighted by molar-refractivity contribution is 0.555. The number of H-pyrrole nitrogens is 1. The molecule has 0 spiro atoms. The van der Waals surface area contributed by atoms with Gasteiger partial charge in [-0.25, -0.2) is 4.79 Å². The van der Waals surface area contributed by atoms with Crippen molar-refractivity contribution in [1.82, 2.24) is 4.98 Å². The van der Waals surface area contributed by atoms with E-state index in [0.717, 1.165) is 16.6 Å². The molecule has 0 bridgehead atoms. The summed E-state index contributed by atoms with van der Waals surface area (Å²) in [6.07, 6.45) is 0. The van der Waals surface area contributed by atoms with E-state index in [4.69, 9.17) is 4.42 Å². The third-order valence-corrected chi connectivity index (χ3v) is 1.87. The summed E-state index contributed by atoms with van der Waals surface area (Å²) in [5, 5.41) is 0. The fourth-order valence-electron chi connectivity index (χ4n) is 1.40. The Balaban J connectivity index is 2.97. The summed E-state index contributed by atoms with van der Waals surface area (Å²) in [5.41, 5.74) is 3.57. The van der Waals surface area contributed by atoms with Crippen LogP contribution in [0.3, 0.4) is 0 Å². The lowest BCUT2D eigenvalue weighted by Gasteiger charge is -1.95. The summed E-state index contributed by atoms with van der Waals surface area (Å²) in [5.74, 6) is -0.390. The molecular weight excluding hydrogens is 154 g/mol. The van der Waals surface area contributed by atoms with Crippen LogP contribution in [-0.2, 0) is 0 Å². The van der Waals surface area contributed by atoms with E-state index in [1.807, 2.05) is 26.0 Å². The third-order valence-electron chi connectivity index (χ3n) is 1.87. The highest BCUT2D eigenvalue weighted by Gasteiger charge is 2.03. The van der Waals surface area contributed by atoms with Crippen molar-refractivity contribution < 1.29 is 4.42 Å². The van der Waals surface area contributed by atoms with Gasteiger partial charge in [0, 0.05) is 0 Å². The molecule has 2 aromatic rings. The summed E-state index contributed by atoms with van der Waals surface area (Å²) >= 11 is 0. The van der Waals surface area contributed by atoms with E-state index in [1.54, 1.807) is 0 Å². The van der Waals surface area contributed by atoms with E-state index >= 15 is 0 Å². The molecule has 0 atom stereocenters. The molecule has 0 saturated carbocycles. The average Bonchev–Trinajstić information content (AvgIpc) is 2.29. The standard InChI is InChI=1S/C9H9NO2/c1-5-3-6(2)8-7(4-5)12-9(11)10-8/h3-4H,1-2H3,(H,10,11). The number of aromatic nitrogens is 1. The maximum absolute atomic E-state index is 10.8. The molecule has 1 aromatic carbocycles. The van der Waals surface area contributed by atoms with E-state index in [1.165, 1.54) is 0 Å². The van der Waals surface area contributed by atoms with Crippen LogP contribution in [0.5, 0.6) is 0 Å². The van der Waals surface area contributed by atoms with Crippen LogP contribution in [0.4, 0.5) is 0 Å². The minimum atomic E-state index is -0.390. The Hall–Kier alpha value is -1.51. The second-order valence-electron chi connectivity index (χ2n) is 2.97. The predicted octanol–water partition coefficient (Wildman–Crippen LogP) is 1.74. The Kier molecular flexibility index (Phi) is 1.33. The first-order valence-corrected chi connectivity index (χ1v) is 3.77. The summed E-state index contributed by atoms with van der Waals surface area (Å²) in [6.45, 7) is 3.92. The van der Waals surface area contributed by atoms with Crippen molar-refractivity contribution in [3.63, 3.8) is 0 Å². The van der Waals surface area contributed by atoms with Gasteiger partial charge in [-0.2, -0.15) is 0 Å². The molecule has 0 saturated heterocycles. The molecule has 3 nitrogen and oxygen atoms in total. The van der Waals surface area contributed by atoms with Crippen molar-refractivity contribution in [2.24, 2.45) is 0 Å². The number of rotatable bonds is 0. The van der Waals surface area contributed by atoms with Gasteiger partial charge in [-0.1, -0.05) is 6.07 Å². The second-order valence-corrected chi connectivity index (χ2v) is 2.97. The number of benzene rings is 1. The van der Waals surface area contributed by atoms with Gasteiger partial charge in [-0.3, -0.25) is 4.98 Å². The van der Waals surface area contributed by atoms with Gasteiger partial charge in [0.05, 0.1) is 5.52 Å². The van der Waals surface area contributed by atoms with E-state index in [0.29, 0.717) is 5.58 Å². The Labute approximate surface area is 69.0 Å². The molecule has 62 valence electrons. The second kappa shape index (κ2) is 2.24. The smallest absolute Gasteiger partial charge is 0.408 e. The van der Waals surface area contributed by atoms with Gasteiger partial charge in [0.2, 0.25) is 0 Å². The Bertz CT molecular complexity index is 479. The van der Waals surface area contributed by atoms with Gasteiger partial charge < -0.3 is 4.42 Å². The first-order valence-electron chi connectivity index (χ1n) is 3.77. The summed E-state index contributed by atoms with van der Waals surface area (Å²) in [7, 11) is 0.